The predicted octanol–water partition coefficient (Wildman–Crippen LogP) is 3.99. The molecule has 0 aliphatic rings. The summed E-state index contributed by atoms with van der Waals surface area (Å²) in [5.74, 6) is 0.993. The minimum absolute atomic E-state index is 0.164. The molecule has 106 valence electrons. The van der Waals surface area contributed by atoms with Crippen LogP contribution in [0.5, 0.6) is 11.5 Å². The molecule has 7 heteroatoms. The Labute approximate surface area is 134 Å². The van der Waals surface area contributed by atoms with Gasteiger partial charge in [-0.05, 0) is 52.3 Å². The Balaban J connectivity index is 2.35. The van der Waals surface area contributed by atoms with E-state index < -0.39 is 9.84 Å². The normalized spacial score (nSPS) is 11.3. The van der Waals surface area contributed by atoms with Crippen LogP contribution in [0.1, 0.15) is 0 Å². The third-order valence-corrected chi connectivity index (χ3v) is 4.75. The fraction of sp³-hybridized carbons (Fsp3) is 0.0769. The molecule has 0 aromatic heterocycles. The van der Waals surface area contributed by atoms with E-state index in [-0.39, 0.29) is 10.6 Å². The third-order valence-electron chi connectivity index (χ3n) is 2.52. The zero-order valence-corrected chi connectivity index (χ0v) is 14.4. The van der Waals surface area contributed by atoms with Gasteiger partial charge in [-0.2, -0.15) is 0 Å². The summed E-state index contributed by atoms with van der Waals surface area (Å²) in [6.45, 7) is 0. The van der Waals surface area contributed by atoms with Gasteiger partial charge in [0.05, 0.1) is 15.1 Å². The molecule has 0 fully saturated rings. The van der Waals surface area contributed by atoms with Crippen molar-refractivity contribution in [3.8, 4) is 11.5 Å². The fourth-order valence-corrected chi connectivity index (χ4v) is 3.31. The van der Waals surface area contributed by atoms with Crippen LogP contribution in [0.15, 0.2) is 50.2 Å². The summed E-state index contributed by atoms with van der Waals surface area (Å²) >= 11 is 6.73. The van der Waals surface area contributed by atoms with Crippen LogP contribution in [0.25, 0.3) is 0 Å². The van der Waals surface area contributed by atoms with Gasteiger partial charge in [0.15, 0.2) is 9.84 Å². The molecule has 0 saturated heterocycles. The Kier molecular flexibility index (Phi) is 4.41. The van der Waals surface area contributed by atoms with Crippen LogP contribution in [0.2, 0.25) is 0 Å². The maximum atomic E-state index is 11.4. The number of halogens is 2. The van der Waals surface area contributed by atoms with Crippen molar-refractivity contribution < 1.29 is 13.2 Å². The molecular weight excluding hydrogens is 410 g/mol. The maximum Gasteiger partial charge on any atom is 0.175 e. The highest BCUT2D eigenvalue weighted by Crippen LogP contribution is 2.35. The van der Waals surface area contributed by atoms with Crippen LogP contribution in [-0.2, 0) is 9.84 Å². The van der Waals surface area contributed by atoms with E-state index in [1.54, 1.807) is 12.1 Å². The van der Waals surface area contributed by atoms with Gasteiger partial charge in [-0.15, -0.1) is 0 Å². The van der Waals surface area contributed by atoms with Gasteiger partial charge in [0, 0.05) is 10.7 Å². The predicted molar refractivity (Wildman–Crippen MR) is 85.9 cm³/mol. The summed E-state index contributed by atoms with van der Waals surface area (Å²) in [4.78, 5) is 0.164. The second-order valence-electron chi connectivity index (χ2n) is 4.15. The summed E-state index contributed by atoms with van der Waals surface area (Å²) in [7, 11) is -3.28. The lowest BCUT2D eigenvalue weighted by molar-refractivity contribution is 0.481. The minimum atomic E-state index is -3.28. The first-order valence-corrected chi connectivity index (χ1v) is 8.97. The molecule has 0 unspecified atom stereocenters. The Morgan fingerprint density at radius 2 is 1.70 bits per heavy atom. The van der Waals surface area contributed by atoms with Crippen molar-refractivity contribution in [2.45, 2.75) is 4.90 Å². The molecular formula is C13H11Br2NO3S. The zero-order valence-electron chi connectivity index (χ0n) is 10.4. The van der Waals surface area contributed by atoms with E-state index in [0.29, 0.717) is 11.5 Å². The van der Waals surface area contributed by atoms with Crippen molar-refractivity contribution in [3.05, 3.63) is 45.3 Å². The summed E-state index contributed by atoms with van der Waals surface area (Å²) in [5.41, 5.74) is 6.10. The van der Waals surface area contributed by atoms with Gasteiger partial charge in [-0.25, -0.2) is 8.42 Å². The Morgan fingerprint density at radius 1 is 1.05 bits per heavy atom. The molecule has 0 bridgehead atoms. The molecule has 0 amide bonds. The van der Waals surface area contributed by atoms with E-state index in [9.17, 15) is 8.42 Å². The highest BCUT2D eigenvalue weighted by atomic mass is 79.9. The van der Waals surface area contributed by atoms with E-state index in [1.807, 2.05) is 12.1 Å². The van der Waals surface area contributed by atoms with Crippen LogP contribution in [0.4, 0.5) is 5.69 Å². The van der Waals surface area contributed by atoms with Gasteiger partial charge in [0.25, 0.3) is 0 Å². The SMILES string of the molecule is CS(=O)(=O)c1ccc(Oc2ccc(Br)cc2Br)c(N)c1. The number of hydrogen-bond acceptors (Lipinski definition) is 4. The first-order chi connectivity index (χ1) is 9.27. The van der Waals surface area contributed by atoms with Crippen LogP contribution in [-0.4, -0.2) is 14.7 Å². The van der Waals surface area contributed by atoms with E-state index in [2.05, 4.69) is 31.9 Å². The van der Waals surface area contributed by atoms with Crippen LogP contribution in [0.3, 0.4) is 0 Å². The third kappa shape index (κ3) is 3.53. The second kappa shape index (κ2) is 5.75. The van der Waals surface area contributed by atoms with Crippen molar-refractivity contribution in [1.82, 2.24) is 0 Å². The smallest absolute Gasteiger partial charge is 0.175 e. The molecule has 4 nitrogen and oxygen atoms in total. The quantitative estimate of drug-likeness (QED) is 0.762. The molecule has 2 aromatic carbocycles. The van der Waals surface area contributed by atoms with Crippen molar-refractivity contribution in [3.63, 3.8) is 0 Å². The maximum absolute atomic E-state index is 11.4. The van der Waals surface area contributed by atoms with Crippen LogP contribution < -0.4 is 10.5 Å². The lowest BCUT2D eigenvalue weighted by Crippen LogP contribution is -2.00. The highest BCUT2D eigenvalue weighted by molar-refractivity contribution is 9.11. The average Bonchev–Trinajstić information content (AvgIpc) is 2.33. The summed E-state index contributed by atoms with van der Waals surface area (Å²) in [5, 5.41) is 0. The largest absolute Gasteiger partial charge is 0.454 e. The number of ether oxygens (including phenoxy) is 1. The zero-order chi connectivity index (χ0) is 14.9. The average molecular weight is 421 g/mol. The number of rotatable bonds is 3. The molecule has 0 saturated carbocycles. The molecule has 2 aromatic rings. The van der Waals surface area contributed by atoms with E-state index in [4.69, 9.17) is 10.5 Å². The number of sulfone groups is 1. The van der Waals surface area contributed by atoms with Crippen molar-refractivity contribution >= 4 is 47.4 Å². The van der Waals surface area contributed by atoms with E-state index >= 15 is 0 Å². The van der Waals surface area contributed by atoms with Gasteiger partial charge in [-0.1, -0.05) is 15.9 Å². The molecule has 2 N–H and O–H groups in total. The monoisotopic (exact) mass is 419 g/mol. The topological polar surface area (TPSA) is 69.4 Å². The molecule has 0 radical (unpaired) electrons. The summed E-state index contributed by atoms with van der Waals surface area (Å²) in [6.07, 6.45) is 1.13. The lowest BCUT2D eigenvalue weighted by atomic mass is 10.3. The van der Waals surface area contributed by atoms with E-state index in [1.165, 1.54) is 12.1 Å². The lowest BCUT2D eigenvalue weighted by Gasteiger charge is -2.11. The Bertz CT molecular complexity index is 760. The van der Waals surface area contributed by atoms with Gasteiger partial charge in [0.2, 0.25) is 0 Å². The van der Waals surface area contributed by atoms with E-state index in [0.717, 1.165) is 15.2 Å². The molecule has 0 spiro atoms. The summed E-state index contributed by atoms with van der Waals surface area (Å²) < 4.78 is 30.2. The molecule has 20 heavy (non-hydrogen) atoms. The molecule has 0 aliphatic carbocycles. The number of nitrogens with two attached hydrogens (primary N) is 1. The standard InChI is InChI=1S/C13H11Br2NO3S/c1-20(17,18)9-3-5-13(11(16)7-9)19-12-4-2-8(14)6-10(12)15/h2-7H,16H2,1H3. The fourth-order valence-electron chi connectivity index (χ4n) is 1.53. The first-order valence-electron chi connectivity index (χ1n) is 5.50. The van der Waals surface area contributed by atoms with Crippen molar-refractivity contribution in [2.24, 2.45) is 0 Å². The van der Waals surface area contributed by atoms with Crippen molar-refractivity contribution in [2.75, 3.05) is 12.0 Å². The first kappa shape index (κ1) is 15.3. The van der Waals surface area contributed by atoms with Crippen molar-refractivity contribution in [1.29, 1.82) is 0 Å². The Morgan fingerprint density at radius 3 is 2.25 bits per heavy atom. The number of hydrogen-bond donors (Lipinski definition) is 1. The number of benzene rings is 2. The summed E-state index contributed by atoms with van der Waals surface area (Å²) in [6, 6.07) is 9.85. The molecule has 2 rings (SSSR count). The molecule has 0 aliphatic heterocycles. The minimum Gasteiger partial charge on any atom is -0.454 e. The van der Waals surface area contributed by atoms with Gasteiger partial charge in [0.1, 0.15) is 11.5 Å². The molecule has 0 atom stereocenters. The highest BCUT2D eigenvalue weighted by Gasteiger charge is 2.11. The number of anilines is 1. The van der Waals surface area contributed by atoms with Gasteiger partial charge in [-0.3, -0.25) is 0 Å². The van der Waals surface area contributed by atoms with Crippen LogP contribution in [0, 0.1) is 0 Å². The Hall–Kier alpha value is -1.05. The van der Waals surface area contributed by atoms with Crippen LogP contribution >= 0.6 is 31.9 Å². The number of nitrogen functional groups attached to an aromatic ring is 1. The van der Waals surface area contributed by atoms with Gasteiger partial charge >= 0.3 is 0 Å². The molecule has 0 heterocycles. The van der Waals surface area contributed by atoms with Gasteiger partial charge < -0.3 is 10.5 Å². The second-order valence-corrected chi connectivity index (χ2v) is 7.93.